The van der Waals surface area contributed by atoms with Gasteiger partial charge in [0.05, 0.1) is 11.7 Å². The van der Waals surface area contributed by atoms with Crippen molar-refractivity contribution in [2.24, 2.45) is 11.8 Å². The van der Waals surface area contributed by atoms with Crippen molar-refractivity contribution in [3.05, 3.63) is 34.6 Å². The molecular formula is C28H44FN3O2. The molecular weight excluding hydrogens is 429 g/mol. The number of likely N-dealkylation sites (tertiary alicyclic amines) is 2. The van der Waals surface area contributed by atoms with Crippen LogP contribution in [0.2, 0.25) is 0 Å². The van der Waals surface area contributed by atoms with Crippen LogP contribution in [0.25, 0.3) is 11.1 Å². The highest BCUT2D eigenvalue weighted by Crippen LogP contribution is 2.31. The first-order valence-electron chi connectivity index (χ1n) is 13.9. The second kappa shape index (κ2) is 12.3. The maximum atomic E-state index is 14.1. The van der Waals surface area contributed by atoms with Gasteiger partial charge in [0.1, 0.15) is 5.82 Å². The third-order valence-electron chi connectivity index (χ3n) is 8.29. The van der Waals surface area contributed by atoms with E-state index >= 15 is 0 Å². The summed E-state index contributed by atoms with van der Waals surface area (Å²) >= 11 is 0. The van der Waals surface area contributed by atoms with Gasteiger partial charge in [0.15, 0.2) is 5.58 Å². The Hall–Kier alpha value is -1.66. The highest BCUT2D eigenvalue weighted by molar-refractivity contribution is 5.72. The Balaban J connectivity index is 1.47. The van der Waals surface area contributed by atoms with Crippen LogP contribution in [0.3, 0.4) is 0 Å². The van der Waals surface area contributed by atoms with Crippen LogP contribution in [0.5, 0.6) is 0 Å². The zero-order valence-corrected chi connectivity index (χ0v) is 21.3. The largest absolute Gasteiger partial charge is 0.421 e. The van der Waals surface area contributed by atoms with Gasteiger partial charge in [0.2, 0.25) is 0 Å². The normalized spacial score (nSPS) is 20.3. The SMILES string of the molecule is CCCCC1CCN(CCC(N2CCC(CCCC)CC2)n2c(=O)oc3ccc(F)cc32)CC1. The van der Waals surface area contributed by atoms with Crippen LogP contribution in [0, 0.1) is 17.7 Å². The van der Waals surface area contributed by atoms with Crippen LogP contribution in [0.15, 0.2) is 27.4 Å². The Morgan fingerprint density at radius 1 is 0.971 bits per heavy atom. The molecule has 0 amide bonds. The minimum atomic E-state index is -0.364. The molecule has 2 aromatic rings. The number of hydrogen-bond acceptors (Lipinski definition) is 4. The summed E-state index contributed by atoms with van der Waals surface area (Å²) in [4.78, 5) is 18.0. The van der Waals surface area contributed by atoms with Crippen LogP contribution in [-0.4, -0.2) is 47.1 Å². The molecule has 6 heteroatoms. The van der Waals surface area contributed by atoms with E-state index in [1.807, 2.05) is 0 Å². The van der Waals surface area contributed by atoms with Crippen LogP contribution in [0.1, 0.15) is 90.6 Å². The van der Waals surface area contributed by atoms with Gasteiger partial charge in [-0.25, -0.2) is 9.18 Å². The minimum Gasteiger partial charge on any atom is -0.408 e. The molecule has 0 radical (unpaired) electrons. The fourth-order valence-corrected chi connectivity index (χ4v) is 6.09. The number of oxazole rings is 1. The highest BCUT2D eigenvalue weighted by Gasteiger charge is 2.30. The van der Waals surface area contributed by atoms with Gasteiger partial charge in [0.25, 0.3) is 0 Å². The molecule has 5 nitrogen and oxygen atoms in total. The summed E-state index contributed by atoms with van der Waals surface area (Å²) in [5.41, 5.74) is 1.06. The summed E-state index contributed by atoms with van der Waals surface area (Å²) < 4.78 is 21.4. The van der Waals surface area contributed by atoms with Crippen molar-refractivity contribution in [1.29, 1.82) is 0 Å². The average molecular weight is 474 g/mol. The van der Waals surface area contributed by atoms with Crippen molar-refractivity contribution >= 4 is 11.1 Å². The van der Waals surface area contributed by atoms with Gasteiger partial charge in [-0.2, -0.15) is 0 Å². The Morgan fingerprint density at radius 3 is 2.21 bits per heavy atom. The summed E-state index contributed by atoms with van der Waals surface area (Å²) in [5.74, 6) is 0.969. The topological polar surface area (TPSA) is 41.6 Å². The van der Waals surface area contributed by atoms with Crippen molar-refractivity contribution < 1.29 is 8.81 Å². The smallest absolute Gasteiger partial charge is 0.408 e. The molecule has 0 spiro atoms. The maximum Gasteiger partial charge on any atom is 0.421 e. The molecule has 1 atom stereocenters. The number of aromatic nitrogens is 1. The number of fused-ring (bicyclic) bond motifs is 1. The van der Waals surface area contributed by atoms with Gasteiger partial charge in [-0.3, -0.25) is 9.47 Å². The third kappa shape index (κ3) is 6.31. The quantitative estimate of drug-likeness (QED) is 0.377. The molecule has 34 heavy (non-hydrogen) atoms. The summed E-state index contributed by atoms with van der Waals surface area (Å²) in [6.45, 7) is 9.78. The minimum absolute atomic E-state index is 0.0829. The average Bonchev–Trinajstić information content (AvgIpc) is 3.18. The molecule has 0 bridgehead atoms. The number of nitrogens with zero attached hydrogens (tertiary/aromatic N) is 3. The summed E-state index contributed by atoms with van der Waals surface area (Å²) in [6, 6.07) is 4.41. The first-order valence-corrected chi connectivity index (χ1v) is 13.9. The molecule has 4 rings (SSSR count). The fraction of sp³-hybridized carbons (Fsp3) is 0.750. The Labute approximate surface area is 204 Å². The number of benzene rings is 1. The molecule has 2 aliphatic heterocycles. The van der Waals surface area contributed by atoms with E-state index in [2.05, 4.69) is 23.6 Å². The highest BCUT2D eigenvalue weighted by atomic mass is 19.1. The van der Waals surface area contributed by atoms with Crippen LogP contribution in [0.4, 0.5) is 4.39 Å². The lowest BCUT2D eigenvalue weighted by Crippen LogP contribution is -2.44. The monoisotopic (exact) mass is 473 g/mol. The summed E-state index contributed by atoms with van der Waals surface area (Å²) in [5, 5.41) is 0. The van der Waals surface area contributed by atoms with Gasteiger partial charge < -0.3 is 9.32 Å². The summed E-state index contributed by atoms with van der Waals surface area (Å²) in [6.07, 6.45) is 13.6. The lowest BCUT2D eigenvalue weighted by Gasteiger charge is -2.39. The van der Waals surface area contributed by atoms with Gasteiger partial charge in [-0.15, -0.1) is 0 Å². The van der Waals surface area contributed by atoms with Gasteiger partial charge in [-0.05, 0) is 69.2 Å². The van der Waals surface area contributed by atoms with Crippen molar-refractivity contribution in [1.82, 2.24) is 14.4 Å². The molecule has 2 fully saturated rings. The zero-order valence-electron chi connectivity index (χ0n) is 21.3. The number of rotatable bonds is 11. The van der Waals surface area contributed by atoms with Crippen molar-refractivity contribution in [3.8, 4) is 0 Å². The fourth-order valence-electron chi connectivity index (χ4n) is 6.09. The van der Waals surface area contributed by atoms with Gasteiger partial charge >= 0.3 is 5.76 Å². The Bertz CT molecular complexity index is 939. The van der Waals surface area contributed by atoms with E-state index in [-0.39, 0.29) is 17.7 Å². The second-order valence-corrected chi connectivity index (χ2v) is 10.7. The summed E-state index contributed by atoms with van der Waals surface area (Å²) in [7, 11) is 0. The lowest BCUT2D eigenvalue weighted by atomic mass is 9.91. The number of unbranched alkanes of at least 4 members (excludes halogenated alkanes) is 2. The predicted octanol–water partition coefficient (Wildman–Crippen LogP) is 6.43. The zero-order chi connectivity index (χ0) is 23.9. The van der Waals surface area contributed by atoms with E-state index in [4.69, 9.17) is 4.42 Å². The van der Waals surface area contributed by atoms with E-state index in [0.29, 0.717) is 11.1 Å². The van der Waals surface area contributed by atoms with Gasteiger partial charge in [0, 0.05) is 25.7 Å². The van der Waals surface area contributed by atoms with Crippen LogP contribution in [-0.2, 0) is 0 Å². The molecule has 0 N–H and O–H groups in total. The Morgan fingerprint density at radius 2 is 1.59 bits per heavy atom. The molecule has 1 aromatic heterocycles. The number of halogens is 1. The van der Waals surface area contributed by atoms with E-state index in [9.17, 15) is 9.18 Å². The van der Waals surface area contributed by atoms with E-state index in [1.54, 1.807) is 10.6 Å². The van der Waals surface area contributed by atoms with Crippen LogP contribution >= 0.6 is 0 Å². The molecule has 3 heterocycles. The van der Waals surface area contributed by atoms with Gasteiger partial charge in [-0.1, -0.05) is 52.4 Å². The molecule has 1 unspecified atom stereocenters. The molecule has 190 valence electrons. The van der Waals surface area contributed by atoms with E-state index < -0.39 is 0 Å². The van der Waals surface area contributed by atoms with Crippen molar-refractivity contribution in [2.75, 3.05) is 32.7 Å². The predicted molar refractivity (Wildman–Crippen MR) is 137 cm³/mol. The van der Waals surface area contributed by atoms with E-state index in [1.165, 1.54) is 76.3 Å². The first-order chi connectivity index (χ1) is 16.6. The Kier molecular flexibility index (Phi) is 9.24. The third-order valence-corrected chi connectivity index (χ3v) is 8.29. The first kappa shape index (κ1) is 25.4. The van der Waals surface area contributed by atoms with Crippen molar-refractivity contribution in [2.45, 2.75) is 90.6 Å². The maximum absolute atomic E-state index is 14.1. The van der Waals surface area contributed by atoms with Crippen molar-refractivity contribution in [3.63, 3.8) is 0 Å². The van der Waals surface area contributed by atoms with Crippen LogP contribution < -0.4 is 5.76 Å². The second-order valence-electron chi connectivity index (χ2n) is 10.7. The number of hydrogen-bond donors (Lipinski definition) is 0. The van der Waals surface area contributed by atoms with E-state index in [0.717, 1.165) is 51.0 Å². The standard InChI is InChI=1S/C28H44FN3O2/c1-3-5-7-22-11-16-30(17-12-22)18-15-27(31-19-13-23(14-20-31)8-6-4-2)32-25-21-24(29)9-10-26(25)34-28(32)33/h9-10,21-23,27H,3-8,11-20H2,1-2H3. The molecule has 1 aromatic carbocycles. The molecule has 2 saturated heterocycles. The molecule has 0 aliphatic carbocycles. The molecule has 2 aliphatic rings. The lowest BCUT2D eigenvalue weighted by molar-refractivity contribution is 0.0656. The molecule has 0 saturated carbocycles. The number of piperidine rings is 2.